The third-order valence-corrected chi connectivity index (χ3v) is 4.21. The molecule has 0 fully saturated rings. The monoisotopic (exact) mass is 280 g/mol. The molecule has 0 N–H and O–H groups in total. The molecule has 1 heterocycles. The number of hydrogen-bond donors (Lipinski definition) is 0. The number of hydrogen-bond acceptors (Lipinski definition) is 2. The fraction of sp³-hybridized carbons (Fsp3) is 0.421. The van der Waals surface area contributed by atoms with E-state index in [1.807, 2.05) is 0 Å². The van der Waals surface area contributed by atoms with Crippen LogP contribution < -0.4 is 4.90 Å². The number of aryl methyl sites for hydroxylation is 2. The minimum atomic E-state index is 1.06. The maximum atomic E-state index is 4.78. The number of anilines is 2. The van der Waals surface area contributed by atoms with Crippen LogP contribution in [-0.4, -0.2) is 11.5 Å². The van der Waals surface area contributed by atoms with Crippen LogP contribution in [0.25, 0.3) is 0 Å². The lowest BCUT2D eigenvalue weighted by Gasteiger charge is -2.30. The Morgan fingerprint density at radius 1 is 1.10 bits per heavy atom. The van der Waals surface area contributed by atoms with Crippen molar-refractivity contribution >= 4 is 11.4 Å². The Morgan fingerprint density at radius 3 is 2.62 bits per heavy atom. The summed E-state index contributed by atoms with van der Waals surface area (Å²) in [6.45, 7) is 5.42. The number of aromatic nitrogens is 1. The van der Waals surface area contributed by atoms with Crippen molar-refractivity contribution in [2.24, 2.45) is 0 Å². The van der Waals surface area contributed by atoms with Crippen LogP contribution in [0.4, 0.5) is 11.4 Å². The molecular weight excluding hydrogens is 256 g/mol. The Kier molecular flexibility index (Phi) is 4.23. The molecule has 2 heteroatoms. The second-order valence-corrected chi connectivity index (χ2v) is 5.90. The molecule has 2 aromatic rings. The fourth-order valence-corrected chi connectivity index (χ4v) is 3.28. The average Bonchev–Trinajstić information content (AvgIpc) is 2.52. The van der Waals surface area contributed by atoms with E-state index in [1.54, 1.807) is 0 Å². The van der Waals surface area contributed by atoms with Crippen molar-refractivity contribution in [3.05, 3.63) is 53.3 Å². The highest BCUT2D eigenvalue weighted by Crippen LogP contribution is 2.34. The zero-order chi connectivity index (χ0) is 14.7. The lowest BCUT2D eigenvalue weighted by Crippen LogP contribution is -2.22. The first kappa shape index (κ1) is 14.1. The Hall–Kier alpha value is -1.83. The summed E-state index contributed by atoms with van der Waals surface area (Å²) in [5.74, 6) is 0. The smallest absolute Gasteiger partial charge is 0.0479 e. The van der Waals surface area contributed by atoms with Gasteiger partial charge in [-0.25, -0.2) is 0 Å². The summed E-state index contributed by atoms with van der Waals surface area (Å²) in [5.41, 5.74) is 6.61. The molecule has 21 heavy (non-hydrogen) atoms. The summed E-state index contributed by atoms with van der Waals surface area (Å²) in [6.07, 6.45) is 6.02. The van der Waals surface area contributed by atoms with E-state index >= 15 is 0 Å². The van der Waals surface area contributed by atoms with Gasteiger partial charge < -0.3 is 4.90 Å². The summed E-state index contributed by atoms with van der Waals surface area (Å²) >= 11 is 0. The summed E-state index contributed by atoms with van der Waals surface area (Å²) in [7, 11) is 0. The average molecular weight is 280 g/mol. The third-order valence-electron chi connectivity index (χ3n) is 4.21. The van der Waals surface area contributed by atoms with Crippen LogP contribution >= 0.6 is 0 Å². The zero-order valence-corrected chi connectivity index (χ0v) is 13.1. The van der Waals surface area contributed by atoms with Gasteiger partial charge in [0.2, 0.25) is 0 Å². The Morgan fingerprint density at radius 2 is 1.86 bits per heavy atom. The van der Waals surface area contributed by atoms with Gasteiger partial charge in [0.05, 0.1) is 0 Å². The minimum Gasteiger partial charge on any atom is -0.341 e. The molecule has 0 bridgehead atoms. The molecule has 3 rings (SSSR count). The van der Waals surface area contributed by atoms with Gasteiger partial charge in [0.25, 0.3) is 0 Å². The molecule has 1 aliphatic rings. The number of fused-ring (bicyclic) bond motifs is 1. The minimum absolute atomic E-state index is 1.06. The highest BCUT2D eigenvalue weighted by Gasteiger charge is 2.19. The van der Waals surface area contributed by atoms with E-state index in [0.717, 1.165) is 25.1 Å². The van der Waals surface area contributed by atoms with Crippen molar-refractivity contribution in [3.8, 4) is 0 Å². The Labute approximate surface area is 127 Å². The number of nitrogens with zero attached hydrogens (tertiary/aromatic N) is 2. The van der Waals surface area contributed by atoms with Gasteiger partial charge >= 0.3 is 0 Å². The molecule has 1 aromatic heterocycles. The molecule has 0 atom stereocenters. The van der Waals surface area contributed by atoms with Crippen LogP contribution in [0.2, 0.25) is 0 Å². The lowest BCUT2D eigenvalue weighted by molar-refractivity contribution is 0.663. The van der Waals surface area contributed by atoms with Gasteiger partial charge in [-0.3, -0.25) is 4.98 Å². The normalized spacial score (nSPS) is 13.8. The van der Waals surface area contributed by atoms with Crippen LogP contribution in [0.3, 0.4) is 0 Å². The van der Waals surface area contributed by atoms with E-state index in [2.05, 4.69) is 55.1 Å². The largest absolute Gasteiger partial charge is 0.341 e. The van der Waals surface area contributed by atoms with Gasteiger partial charge in [0.15, 0.2) is 0 Å². The second-order valence-electron chi connectivity index (χ2n) is 5.90. The summed E-state index contributed by atoms with van der Waals surface area (Å²) < 4.78 is 0. The van der Waals surface area contributed by atoms with Gasteiger partial charge in [-0.15, -0.1) is 0 Å². The Balaban J connectivity index is 2.09. The van der Waals surface area contributed by atoms with E-state index in [1.165, 1.54) is 41.9 Å². The van der Waals surface area contributed by atoms with Crippen LogP contribution in [0, 0.1) is 6.92 Å². The van der Waals surface area contributed by atoms with Crippen molar-refractivity contribution in [1.29, 1.82) is 0 Å². The van der Waals surface area contributed by atoms with E-state index in [4.69, 9.17) is 4.98 Å². The number of para-hydroxylation sites is 1. The van der Waals surface area contributed by atoms with Crippen molar-refractivity contribution < 1.29 is 0 Å². The first-order valence-electron chi connectivity index (χ1n) is 8.11. The number of benzene rings is 1. The summed E-state index contributed by atoms with van der Waals surface area (Å²) in [6, 6.07) is 13.0. The quantitative estimate of drug-likeness (QED) is 0.798. The summed E-state index contributed by atoms with van der Waals surface area (Å²) in [4.78, 5) is 7.25. The second kappa shape index (κ2) is 6.30. The van der Waals surface area contributed by atoms with Crippen molar-refractivity contribution in [3.63, 3.8) is 0 Å². The van der Waals surface area contributed by atoms with Gasteiger partial charge in [0.1, 0.15) is 0 Å². The molecule has 0 aliphatic heterocycles. The number of rotatable bonds is 4. The van der Waals surface area contributed by atoms with Crippen LogP contribution in [-0.2, 0) is 12.8 Å². The predicted octanol–water partition coefficient (Wildman–Crippen LogP) is 4.82. The molecule has 0 unspecified atom stereocenters. The van der Waals surface area contributed by atoms with E-state index in [9.17, 15) is 0 Å². The number of pyridine rings is 1. The van der Waals surface area contributed by atoms with Gasteiger partial charge in [-0.1, -0.05) is 25.1 Å². The lowest BCUT2D eigenvalue weighted by atomic mass is 9.93. The molecular formula is C19H24N2. The molecule has 1 aliphatic carbocycles. The molecule has 0 radical (unpaired) electrons. The highest BCUT2D eigenvalue weighted by molar-refractivity contribution is 5.68. The van der Waals surface area contributed by atoms with Gasteiger partial charge in [0, 0.05) is 29.3 Å². The predicted molar refractivity (Wildman–Crippen MR) is 89.4 cm³/mol. The molecule has 0 saturated heterocycles. The standard InChI is InChI=1S/C19H24N2/c1-3-13-21(16-9-5-4-6-10-16)19-14-15(2)20-18-12-8-7-11-17(18)19/h4-6,9-10,14H,3,7-8,11-13H2,1-2H3. The molecule has 110 valence electrons. The van der Waals surface area contributed by atoms with Crippen LogP contribution in [0.15, 0.2) is 36.4 Å². The fourth-order valence-electron chi connectivity index (χ4n) is 3.28. The first-order chi connectivity index (χ1) is 10.3. The molecule has 0 spiro atoms. The van der Waals surface area contributed by atoms with Gasteiger partial charge in [-0.05, 0) is 62.8 Å². The van der Waals surface area contributed by atoms with Crippen LogP contribution in [0.5, 0.6) is 0 Å². The molecule has 2 nitrogen and oxygen atoms in total. The molecule has 0 amide bonds. The third kappa shape index (κ3) is 2.94. The maximum absolute atomic E-state index is 4.78. The van der Waals surface area contributed by atoms with Crippen molar-refractivity contribution in [2.75, 3.05) is 11.4 Å². The molecule has 0 saturated carbocycles. The van der Waals surface area contributed by atoms with E-state index < -0.39 is 0 Å². The SMILES string of the molecule is CCCN(c1ccccc1)c1cc(C)nc2c1CCCC2. The topological polar surface area (TPSA) is 16.1 Å². The molecule has 1 aromatic carbocycles. The van der Waals surface area contributed by atoms with Crippen molar-refractivity contribution in [2.45, 2.75) is 46.0 Å². The van der Waals surface area contributed by atoms with Crippen molar-refractivity contribution in [1.82, 2.24) is 4.98 Å². The zero-order valence-electron chi connectivity index (χ0n) is 13.1. The van der Waals surface area contributed by atoms with E-state index in [-0.39, 0.29) is 0 Å². The van der Waals surface area contributed by atoms with Crippen LogP contribution in [0.1, 0.15) is 43.1 Å². The first-order valence-corrected chi connectivity index (χ1v) is 8.11. The summed E-state index contributed by atoms with van der Waals surface area (Å²) in [5, 5.41) is 0. The highest BCUT2D eigenvalue weighted by atomic mass is 15.1. The maximum Gasteiger partial charge on any atom is 0.0479 e. The van der Waals surface area contributed by atoms with Gasteiger partial charge in [-0.2, -0.15) is 0 Å². The Bertz CT molecular complexity index is 604. The van der Waals surface area contributed by atoms with E-state index in [0.29, 0.717) is 0 Å².